The van der Waals surface area contributed by atoms with Gasteiger partial charge in [-0.3, -0.25) is 9.78 Å². The van der Waals surface area contributed by atoms with E-state index in [0.29, 0.717) is 12.6 Å². The fourth-order valence-corrected chi connectivity index (χ4v) is 4.26. The number of pyridine rings is 2. The van der Waals surface area contributed by atoms with Crippen LogP contribution in [0.5, 0.6) is 0 Å². The van der Waals surface area contributed by atoms with Gasteiger partial charge < -0.3 is 5.32 Å². The standard InChI is InChI=1S/C23H21F4N3O/c24-17-6-7-20-19(12-17)18(9-10-28-20)15-3-1-14(2-4-15)11-22(31)30-21-8-5-16(13-29-21)23(25,26)27/h5-10,12-15H,1-4,11H2,(H,29,30,31). The van der Waals surface area contributed by atoms with Crippen LogP contribution < -0.4 is 5.32 Å². The van der Waals surface area contributed by atoms with Crippen molar-refractivity contribution in [2.75, 3.05) is 5.32 Å². The molecule has 1 aliphatic rings. The topological polar surface area (TPSA) is 54.9 Å². The van der Waals surface area contributed by atoms with Crippen LogP contribution in [0.1, 0.15) is 49.1 Å². The average molecular weight is 431 g/mol. The average Bonchev–Trinajstić information content (AvgIpc) is 2.73. The molecular formula is C23H21F4N3O. The van der Waals surface area contributed by atoms with Gasteiger partial charge in [-0.2, -0.15) is 13.2 Å². The third kappa shape index (κ3) is 5.00. The van der Waals surface area contributed by atoms with Crippen molar-refractivity contribution in [2.45, 2.75) is 44.2 Å². The number of hydrogen-bond acceptors (Lipinski definition) is 3. The number of hydrogen-bond donors (Lipinski definition) is 1. The fourth-order valence-electron chi connectivity index (χ4n) is 4.26. The second kappa shape index (κ2) is 8.61. The number of benzene rings is 1. The molecule has 0 unspecified atom stereocenters. The highest BCUT2D eigenvalue weighted by molar-refractivity contribution is 5.89. The highest BCUT2D eigenvalue weighted by Crippen LogP contribution is 2.39. The first kappa shape index (κ1) is 21.2. The summed E-state index contributed by atoms with van der Waals surface area (Å²) in [6, 6.07) is 8.60. The summed E-state index contributed by atoms with van der Waals surface area (Å²) in [5, 5.41) is 3.40. The fraction of sp³-hybridized carbons (Fsp3) is 0.348. The molecule has 31 heavy (non-hydrogen) atoms. The summed E-state index contributed by atoms with van der Waals surface area (Å²) < 4.78 is 51.5. The van der Waals surface area contributed by atoms with Gasteiger partial charge in [0.25, 0.3) is 0 Å². The number of halogens is 4. The second-order valence-corrected chi connectivity index (χ2v) is 7.96. The molecule has 1 amide bonds. The summed E-state index contributed by atoms with van der Waals surface area (Å²) in [5.41, 5.74) is 0.998. The zero-order valence-electron chi connectivity index (χ0n) is 16.6. The Morgan fingerprint density at radius 1 is 1.03 bits per heavy atom. The highest BCUT2D eigenvalue weighted by atomic mass is 19.4. The number of amides is 1. The predicted molar refractivity (Wildman–Crippen MR) is 109 cm³/mol. The Morgan fingerprint density at radius 3 is 2.48 bits per heavy atom. The van der Waals surface area contributed by atoms with Crippen molar-refractivity contribution in [3.05, 3.63) is 65.7 Å². The smallest absolute Gasteiger partial charge is 0.311 e. The normalized spacial score (nSPS) is 19.4. The maximum atomic E-state index is 13.7. The molecule has 0 atom stereocenters. The number of carbonyl (C=O) groups is 1. The zero-order valence-corrected chi connectivity index (χ0v) is 16.6. The van der Waals surface area contributed by atoms with Crippen molar-refractivity contribution in [1.82, 2.24) is 9.97 Å². The molecule has 0 saturated heterocycles. The van der Waals surface area contributed by atoms with Gasteiger partial charge in [0.15, 0.2) is 0 Å². The van der Waals surface area contributed by atoms with E-state index >= 15 is 0 Å². The van der Waals surface area contributed by atoms with Gasteiger partial charge in [0.05, 0.1) is 11.1 Å². The van der Waals surface area contributed by atoms with Crippen LogP contribution in [0.3, 0.4) is 0 Å². The summed E-state index contributed by atoms with van der Waals surface area (Å²) in [6.07, 6.45) is 1.74. The van der Waals surface area contributed by atoms with Crippen molar-refractivity contribution < 1.29 is 22.4 Å². The van der Waals surface area contributed by atoms with Crippen molar-refractivity contribution in [3.63, 3.8) is 0 Å². The maximum Gasteiger partial charge on any atom is 0.417 e. The van der Waals surface area contributed by atoms with E-state index in [2.05, 4.69) is 15.3 Å². The van der Waals surface area contributed by atoms with Crippen LogP contribution in [0.15, 0.2) is 48.8 Å². The number of nitrogens with one attached hydrogen (secondary N) is 1. The lowest BCUT2D eigenvalue weighted by atomic mass is 9.77. The minimum absolute atomic E-state index is 0.108. The quantitative estimate of drug-likeness (QED) is 0.509. The summed E-state index contributed by atoms with van der Waals surface area (Å²) in [4.78, 5) is 20.3. The third-order valence-corrected chi connectivity index (χ3v) is 5.86. The van der Waals surface area contributed by atoms with Crippen LogP contribution in [0.25, 0.3) is 10.9 Å². The van der Waals surface area contributed by atoms with Gasteiger partial charge in [-0.15, -0.1) is 0 Å². The SMILES string of the molecule is O=C(CC1CCC(c2ccnc3ccc(F)cc23)CC1)Nc1ccc(C(F)(F)F)cn1. The molecule has 1 saturated carbocycles. The van der Waals surface area contributed by atoms with Crippen molar-refractivity contribution in [2.24, 2.45) is 5.92 Å². The molecule has 0 radical (unpaired) electrons. The minimum atomic E-state index is -4.46. The number of carbonyl (C=O) groups excluding carboxylic acids is 1. The first-order chi connectivity index (χ1) is 14.8. The van der Waals surface area contributed by atoms with E-state index in [1.807, 2.05) is 6.07 Å². The van der Waals surface area contributed by atoms with E-state index in [1.54, 1.807) is 12.3 Å². The van der Waals surface area contributed by atoms with Gasteiger partial charge in [-0.25, -0.2) is 9.37 Å². The molecule has 1 N–H and O–H groups in total. The summed E-state index contributed by atoms with van der Waals surface area (Å²) in [5.74, 6) is 0.0341. The van der Waals surface area contributed by atoms with Crippen LogP contribution in [-0.2, 0) is 11.0 Å². The van der Waals surface area contributed by atoms with Gasteiger partial charge in [0.2, 0.25) is 5.91 Å². The van der Waals surface area contributed by atoms with Crippen molar-refractivity contribution >= 4 is 22.6 Å². The van der Waals surface area contributed by atoms with Crippen molar-refractivity contribution in [3.8, 4) is 0 Å². The molecule has 0 spiro atoms. The van der Waals surface area contributed by atoms with E-state index in [-0.39, 0.29) is 29.4 Å². The van der Waals surface area contributed by atoms with Crippen molar-refractivity contribution in [1.29, 1.82) is 0 Å². The lowest BCUT2D eigenvalue weighted by molar-refractivity contribution is -0.137. The van der Waals surface area contributed by atoms with E-state index in [9.17, 15) is 22.4 Å². The Morgan fingerprint density at radius 2 is 1.81 bits per heavy atom. The van der Waals surface area contributed by atoms with E-state index in [1.165, 1.54) is 12.1 Å². The molecule has 1 fully saturated rings. The number of aromatic nitrogens is 2. The van der Waals surface area contributed by atoms with Crippen LogP contribution in [-0.4, -0.2) is 15.9 Å². The van der Waals surface area contributed by atoms with Crippen LogP contribution in [0.4, 0.5) is 23.4 Å². The molecule has 8 heteroatoms. The molecule has 2 aromatic heterocycles. The lowest BCUT2D eigenvalue weighted by Gasteiger charge is -2.29. The van der Waals surface area contributed by atoms with Crippen LogP contribution in [0.2, 0.25) is 0 Å². The van der Waals surface area contributed by atoms with Gasteiger partial charge in [0, 0.05) is 24.2 Å². The number of alkyl halides is 3. The number of fused-ring (bicyclic) bond motifs is 1. The Labute approximate surface area is 176 Å². The molecular weight excluding hydrogens is 410 g/mol. The highest BCUT2D eigenvalue weighted by Gasteiger charge is 2.31. The second-order valence-electron chi connectivity index (χ2n) is 7.96. The molecule has 3 aromatic rings. The Balaban J connectivity index is 1.33. The molecule has 4 rings (SSSR count). The predicted octanol–water partition coefficient (Wildman–Crippen LogP) is 6.09. The van der Waals surface area contributed by atoms with E-state index < -0.39 is 11.7 Å². The van der Waals surface area contributed by atoms with Crippen LogP contribution in [0, 0.1) is 11.7 Å². The third-order valence-electron chi connectivity index (χ3n) is 5.86. The summed E-state index contributed by atoms with van der Waals surface area (Å²) in [6.45, 7) is 0. The summed E-state index contributed by atoms with van der Waals surface area (Å²) >= 11 is 0. The minimum Gasteiger partial charge on any atom is -0.311 e. The number of rotatable bonds is 4. The number of nitrogens with zero attached hydrogens (tertiary/aromatic N) is 2. The molecule has 0 bridgehead atoms. The Kier molecular flexibility index (Phi) is 5.89. The summed E-state index contributed by atoms with van der Waals surface area (Å²) in [7, 11) is 0. The monoisotopic (exact) mass is 431 g/mol. The lowest BCUT2D eigenvalue weighted by Crippen LogP contribution is -2.21. The maximum absolute atomic E-state index is 13.7. The molecule has 1 aliphatic carbocycles. The first-order valence-corrected chi connectivity index (χ1v) is 10.2. The van der Waals surface area contributed by atoms with E-state index in [4.69, 9.17) is 0 Å². The first-order valence-electron chi connectivity index (χ1n) is 10.2. The zero-order chi connectivity index (χ0) is 22.0. The van der Waals surface area contributed by atoms with Gasteiger partial charge in [-0.05, 0) is 79.5 Å². The molecule has 162 valence electrons. The molecule has 1 aromatic carbocycles. The largest absolute Gasteiger partial charge is 0.417 e. The van der Waals surface area contributed by atoms with Gasteiger partial charge >= 0.3 is 6.18 Å². The molecule has 4 nitrogen and oxygen atoms in total. The van der Waals surface area contributed by atoms with Gasteiger partial charge in [-0.1, -0.05) is 0 Å². The molecule has 2 heterocycles. The Bertz CT molecular complexity index is 1070. The molecule has 0 aliphatic heterocycles. The number of anilines is 1. The van der Waals surface area contributed by atoms with E-state index in [0.717, 1.165) is 54.3 Å². The van der Waals surface area contributed by atoms with Crippen LogP contribution >= 0.6 is 0 Å². The Hall–Kier alpha value is -3.03. The van der Waals surface area contributed by atoms with Gasteiger partial charge in [0.1, 0.15) is 11.6 Å².